The fraction of sp³-hybridized carbons (Fsp3) is 0.185. The molecule has 0 unspecified atom stereocenters. The van der Waals surface area contributed by atoms with Crippen molar-refractivity contribution in [2.75, 3.05) is 0 Å². The Morgan fingerprint density at radius 2 is 1.24 bits per heavy atom. The number of ketones is 1. The minimum Gasteiger partial charge on any atom is 0 e. The van der Waals surface area contributed by atoms with Gasteiger partial charge in [-0.15, -0.1) is 0 Å². The van der Waals surface area contributed by atoms with E-state index in [2.05, 4.69) is 32.1 Å². The largest absolute Gasteiger partial charge is 0 e. The Labute approximate surface area is 203 Å². The van der Waals surface area contributed by atoms with Gasteiger partial charge in [0.1, 0.15) is 5.60 Å². The molecule has 1 saturated carbocycles. The van der Waals surface area contributed by atoms with E-state index < -0.39 is 11.0 Å². The number of fused-ring (bicyclic) bond motifs is 3. The first-order valence-electron chi connectivity index (χ1n) is 9.78. The van der Waals surface area contributed by atoms with Gasteiger partial charge in [-0.2, -0.15) is 0 Å². The molecule has 0 aromatic heterocycles. The van der Waals surface area contributed by atoms with Crippen LogP contribution in [0.3, 0.4) is 0 Å². The van der Waals surface area contributed by atoms with Crippen molar-refractivity contribution in [3.8, 4) is 0 Å². The summed E-state index contributed by atoms with van der Waals surface area (Å²) in [7, 11) is 0. The molecule has 3 aromatic rings. The van der Waals surface area contributed by atoms with Crippen molar-refractivity contribution in [1.82, 2.24) is 0 Å². The molecule has 0 saturated heterocycles. The zero-order valence-corrected chi connectivity index (χ0v) is 18.8. The van der Waals surface area contributed by atoms with Gasteiger partial charge in [0.15, 0.2) is 5.78 Å². The SMILES string of the molecule is O=C1c2ccccc2[C@]2(O)[C@@H](c3ccccc3)CC[C@]12c1ccccc1.[C-]#[O+].[C-]#[O+].[C-]#[O+].[Cr]. The number of hydrogen-bond acceptors (Lipinski definition) is 2. The number of hydrogen-bond donors (Lipinski definition) is 1. The summed E-state index contributed by atoms with van der Waals surface area (Å²) in [6.45, 7) is 13.5. The zero-order valence-electron chi connectivity index (χ0n) is 17.6. The number of rotatable bonds is 2. The Balaban J connectivity index is 0.000000723. The van der Waals surface area contributed by atoms with Crippen LogP contribution < -0.4 is 0 Å². The van der Waals surface area contributed by atoms with Crippen LogP contribution >= 0.6 is 0 Å². The first-order valence-corrected chi connectivity index (χ1v) is 9.78. The quantitative estimate of drug-likeness (QED) is 0.436. The maximum Gasteiger partial charge on any atom is 0 e. The van der Waals surface area contributed by atoms with Gasteiger partial charge in [-0.25, -0.2) is 0 Å². The summed E-state index contributed by atoms with van der Waals surface area (Å²) in [6.07, 6.45) is 1.44. The summed E-state index contributed by atoms with van der Waals surface area (Å²) >= 11 is 0. The van der Waals surface area contributed by atoms with Crippen molar-refractivity contribution in [3.05, 3.63) is 127 Å². The van der Waals surface area contributed by atoms with Crippen molar-refractivity contribution in [2.24, 2.45) is 0 Å². The van der Waals surface area contributed by atoms with E-state index in [9.17, 15) is 9.90 Å². The number of carbonyl (C=O) groups excluding carboxylic acids is 1. The number of benzene rings is 3. The average Bonchev–Trinajstić information content (AvgIpc) is 3.31. The second kappa shape index (κ2) is 12.3. The van der Waals surface area contributed by atoms with Gasteiger partial charge in [-0.05, 0) is 29.5 Å². The number of carbonyl (C=O) groups is 1. The third-order valence-electron chi connectivity index (χ3n) is 6.40. The van der Waals surface area contributed by atoms with Gasteiger partial charge in [0, 0.05) is 28.8 Å². The summed E-state index contributed by atoms with van der Waals surface area (Å²) in [5, 5.41) is 12.2. The van der Waals surface area contributed by atoms with Crippen molar-refractivity contribution in [2.45, 2.75) is 29.8 Å². The molecule has 0 radical (unpaired) electrons. The summed E-state index contributed by atoms with van der Waals surface area (Å²) in [4.78, 5) is 13.6. The van der Waals surface area contributed by atoms with E-state index in [1.54, 1.807) is 0 Å². The Bertz CT molecular complexity index is 1110. The number of Topliss-reactive ketones (excluding diaryl/α,β-unsaturated/α-hetero) is 1. The smallest absolute Gasteiger partial charge is 0 e. The third-order valence-corrected chi connectivity index (χ3v) is 6.40. The van der Waals surface area contributed by atoms with Gasteiger partial charge in [0.05, 0.1) is 5.41 Å². The van der Waals surface area contributed by atoms with E-state index in [0.29, 0.717) is 12.0 Å². The molecule has 2 aliphatic carbocycles. The minimum atomic E-state index is -1.22. The second-order valence-corrected chi connectivity index (χ2v) is 7.41. The van der Waals surface area contributed by atoms with Crippen LogP contribution in [0, 0.1) is 20.0 Å². The van der Waals surface area contributed by atoms with E-state index >= 15 is 0 Å². The van der Waals surface area contributed by atoms with Gasteiger partial charge in [-0.1, -0.05) is 84.9 Å². The molecule has 33 heavy (non-hydrogen) atoms. The molecule has 0 spiro atoms. The molecule has 5 rings (SSSR count). The van der Waals surface area contributed by atoms with Crippen LogP contribution in [0.5, 0.6) is 0 Å². The van der Waals surface area contributed by atoms with Crippen molar-refractivity contribution in [1.29, 1.82) is 0 Å². The van der Waals surface area contributed by atoms with Crippen LogP contribution in [-0.2, 0) is 42.3 Å². The van der Waals surface area contributed by atoms with Gasteiger partial charge >= 0.3 is 33.9 Å². The molecule has 1 N–H and O–H groups in total. The molecule has 164 valence electrons. The Kier molecular flexibility index (Phi) is 10.5. The van der Waals surface area contributed by atoms with E-state index in [1.807, 2.05) is 72.8 Å². The fourth-order valence-electron chi connectivity index (χ4n) is 5.32. The maximum atomic E-state index is 13.6. The number of aliphatic hydroxyl groups is 1. The minimum absolute atomic E-state index is 0. The van der Waals surface area contributed by atoms with Crippen molar-refractivity contribution in [3.63, 3.8) is 0 Å². The maximum absolute atomic E-state index is 13.6. The van der Waals surface area contributed by atoms with Crippen molar-refractivity contribution < 1.29 is 41.2 Å². The molecule has 0 heterocycles. The molecular formula is C27H20CrO5. The molecule has 0 aliphatic heterocycles. The first kappa shape index (κ1) is 28.1. The zero-order chi connectivity index (χ0) is 23.8. The Hall–Kier alpha value is -2.96. The van der Waals surface area contributed by atoms with E-state index in [-0.39, 0.29) is 29.1 Å². The summed E-state index contributed by atoms with van der Waals surface area (Å²) in [5.41, 5.74) is 1.33. The van der Waals surface area contributed by atoms with Gasteiger partial charge in [-0.3, -0.25) is 4.79 Å². The van der Waals surface area contributed by atoms with E-state index in [4.69, 9.17) is 14.0 Å². The monoisotopic (exact) mass is 476 g/mol. The molecule has 1 fully saturated rings. The first-order chi connectivity index (χ1) is 15.7. The van der Waals surface area contributed by atoms with Crippen LogP contribution in [0.25, 0.3) is 0 Å². The standard InChI is InChI=1S/C24H20O2.3CO.Cr/c25-22-19-13-7-8-14-21(19)24(26)20(17-9-3-1-4-10-17)15-16-23(22,24)18-11-5-2-6-12-18;3*1-2;/h1-14,20,26H,15-16H2;;;;/t20-,23+,24-;;;;/m1..../s1. The molecule has 0 bridgehead atoms. The molecule has 0 amide bonds. The topological polar surface area (TPSA) is 97.0 Å². The summed E-state index contributed by atoms with van der Waals surface area (Å²) < 4.78 is 22.5. The molecule has 3 atom stereocenters. The van der Waals surface area contributed by atoms with Crippen molar-refractivity contribution >= 4 is 5.78 Å². The van der Waals surface area contributed by atoms with Gasteiger partial charge < -0.3 is 5.11 Å². The van der Waals surface area contributed by atoms with Crippen LogP contribution in [0.2, 0.25) is 0 Å². The average molecular weight is 476 g/mol. The van der Waals surface area contributed by atoms with Crippen LogP contribution in [0.1, 0.15) is 45.8 Å². The Morgan fingerprint density at radius 3 is 1.82 bits per heavy atom. The normalized spacial score (nSPS) is 23.4. The van der Waals surface area contributed by atoms with Gasteiger partial charge in [0.2, 0.25) is 0 Å². The van der Waals surface area contributed by atoms with Gasteiger partial charge in [0.25, 0.3) is 0 Å². The molecule has 6 heteroatoms. The second-order valence-electron chi connectivity index (χ2n) is 7.41. The van der Waals surface area contributed by atoms with Crippen LogP contribution in [0.15, 0.2) is 84.9 Å². The van der Waals surface area contributed by atoms with Crippen LogP contribution in [-0.4, -0.2) is 10.9 Å². The Morgan fingerprint density at radius 1 is 0.758 bits per heavy atom. The third kappa shape index (κ3) is 4.21. The summed E-state index contributed by atoms with van der Waals surface area (Å²) in [5.74, 6) is -0.0447. The molecule has 3 aromatic carbocycles. The van der Waals surface area contributed by atoms with E-state index in [0.717, 1.165) is 23.1 Å². The van der Waals surface area contributed by atoms with E-state index in [1.165, 1.54) is 0 Å². The molecule has 2 aliphatic rings. The summed E-state index contributed by atoms with van der Waals surface area (Å²) in [6, 6.07) is 27.6. The predicted molar refractivity (Wildman–Crippen MR) is 113 cm³/mol. The van der Waals surface area contributed by atoms with Crippen LogP contribution in [0.4, 0.5) is 0 Å². The molecular weight excluding hydrogens is 456 g/mol. The predicted octanol–water partition coefficient (Wildman–Crippen LogP) is 4.47. The fourth-order valence-corrected chi connectivity index (χ4v) is 5.32. The molecule has 5 nitrogen and oxygen atoms in total.